The van der Waals surface area contributed by atoms with Gasteiger partial charge in [0.05, 0.1) is 7.11 Å². The normalized spacial score (nSPS) is 16.6. The van der Waals surface area contributed by atoms with Gasteiger partial charge in [-0.2, -0.15) is 0 Å². The van der Waals surface area contributed by atoms with Crippen LogP contribution in [-0.2, 0) is 6.42 Å². The molecule has 0 aromatic heterocycles. The van der Waals surface area contributed by atoms with E-state index in [1.165, 1.54) is 18.9 Å². The summed E-state index contributed by atoms with van der Waals surface area (Å²) in [6.45, 7) is 3.14. The van der Waals surface area contributed by atoms with Crippen molar-refractivity contribution < 1.29 is 9.13 Å². The number of methoxy groups -OCH3 is 1. The highest BCUT2D eigenvalue weighted by Gasteiger charge is 2.30. The first kappa shape index (κ1) is 13.3. The standard InChI is InChI=1S/C15H22FNO/c1-3-17-14(11-4-5-11)8-6-12-10-13(16)7-9-15(12)18-2/h7,9-11,14,17H,3-6,8H2,1-2H3. The fourth-order valence-electron chi connectivity index (χ4n) is 2.52. The van der Waals surface area contributed by atoms with Gasteiger partial charge in [0.2, 0.25) is 0 Å². The van der Waals surface area contributed by atoms with E-state index in [9.17, 15) is 4.39 Å². The number of benzene rings is 1. The highest BCUT2D eigenvalue weighted by Crippen LogP contribution is 2.35. The maximum absolute atomic E-state index is 13.3. The average Bonchev–Trinajstić information content (AvgIpc) is 3.19. The van der Waals surface area contributed by atoms with E-state index in [0.29, 0.717) is 6.04 Å². The number of rotatable bonds is 7. The van der Waals surface area contributed by atoms with Gasteiger partial charge in [-0.25, -0.2) is 4.39 Å². The van der Waals surface area contributed by atoms with E-state index in [0.717, 1.165) is 36.6 Å². The molecule has 0 radical (unpaired) electrons. The van der Waals surface area contributed by atoms with Gasteiger partial charge in [-0.3, -0.25) is 0 Å². The Morgan fingerprint density at radius 1 is 1.44 bits per heavy atom. The van der Waals surface area contributed by atoms with Crippen LogP contribution in [0.5, 0.6) is 5.75 Å². The van der Waals surface area contributed by atoms with Crippen LogP contribution in [0.4, 0.5) is 4.39 Å². The van der Waals surface area contributed by atoms with Crippen molar-refractivity contribution in [1.29, 1.82) is 0 Å². The molecule has 18 heavy (non-hydrogen) atoms. The van der Waals surface area contributed by atoms with E-state index in [1.807, 2.05) is 0 Å². The van der Waals surface area contributed by atoms with Gasteiger partial charge in [-0.05, 0) is 61.9 Å². The maximum Gasteiger partial charge on any atom is 0.123 e. The summed E-state index contributed by atoms with van der Waals surface area (Å²) in [5.41, 5.74) is 0.973. The first-order chi connectivity index (χ1) is 8.74. The Kier molecular flexibility index (Phi) is 4.59. The molecular formula is C15H22FNO. The van der Waals surface area contributed by atoms with E-state index < -0.39 is 0 Å². The van der Waals surface area contributed by atoms with Crippen LogP contribution in [0.25, 0.3) is 0 Å². The van der Waals surface area contributed by atoms with Crippen molar-refractivity contribution in [2.24, 2.45) is 5.92 Å². The van der Waals surface area contributed by atoms with Crippen LogP contribution in [0.3, 0.4) is 0 Å². The van der Waals surface area contributed by atoms with Crippen molar-refractivity contribution in [1.82, 2.24) is 5.32 Å². The topological polar surface area (TPSA) is 21.3 Å². The summed E-state index contributed by atoms with van der Waals surface area (Å²) in [7, 11) is 1.64. The van der Waals surface area contributed by atoms with E-state index in [1.54, 1.807) is 19.2 Å². The lowest BCUT2D eigenvalue weighted by atomic mass is 10.0. The zero-order valence-corrected chi connectivity index (χ0v) is 11.2. The minimum atomic E-state index is -0.183. The van der Waals surface area contributed by atoms with Crippen LogP contribution in [-0.4, -0.2) is 19.7 Å². The zero-order valence-electron chi connectivity index (χ0n) is 11.2. The molecule has 1 aromatic rings. The zero-order chi connectivity index (χ0) is 13.0. The van der Waals surface area contributed by atoms with Gasteiger partial charge in [0.25, 0.3) is 0 Å². The number of halogens is 1. The molecule has 3 heteroatoms. The Morgan fingerprint density at radius 3 is 2.83 bits per heavy atom. The molecule has 1 aliphatic rings. The van der Waals surface area contributed by atoms with Crippen molar-refractivity contribution in [3.05, 3.63) is 29.6 Å². The van der Waals surface area contributed by atoms with Gasteiger partial charge < -0.3 is 10.1 Å². The molecule has 1 aliphatic carbocycles. The molecule has 1 fully saturated rings. The minimum Gasteiger partial charge on any atom is -0.496 e. The molecule has 2 nitrogen and oxygen atoms in total. The van der Waals surface area contributed by atoms with E-state index in [2.05, 4.69) is 12.2 Å². The molecule has 1 N–H and O–H groups in total. The van der Waals surface area contributed by atoms with Crippen molar-refractivity contribution >= 4 is 0 Å². The van der Waals surface area contributed by atoms with Crippen LogP contribution in [0.2, 0.25) is 0 Å². The number of hydrogen-bond donors (Lipinski definition) is 1. The second-order valence-corrected chi connectivity index (χ2v) is 5.00. The molecule has 0 aliphatic heterocycles. The molecule has 0 bridgehead atoms. The molecule has 0 spiro atoms. The lowest BCUT2D eigenvalue weighted by Gasteiger charge is -2.18. The number of aryl methyl sites for hydroxylation is 1. The smallest absolute Gasteiger partial charge is 0.123 e. The fraction of sp³-hybridized carbons (Fsp3) is 0.600. The molecular weight excluding hydrogens is 229 g/mol. The summed E-state index contributed by atoms with van der Waals surface area (Å²) in [5.74, 6) is 1.43. The third kappa shape index (κ3) is 3.45. The lowest BCUT2D eigenvalue weighted by Crippen LogP contribution is -2.31. The van der Waals surface area contributed by atoms with Crippen molar-refractivity contribution in [3.8, 4) is 5.75 Å². The molecule has 0 heterocycles. The highest BCUT2D eigenvalue weighted by molar-refractivity contribution is 5.34. The quantitative estimate of drug-likeness (QED) is 0.803. The molecule has 1 atom stereocenters. The Hall–Kier alpha value is -1.09. The van der Waals surface area contributed by atoms with E-state index >= 15 is 0 Å². The molecule has 1 saturated carbocycles. The lowest BCUT2D eigenvalue weighted by molar-refractivity contribution is 0.401. The van der Waals surface area contributed by atoms with Crippen molar-refractivity contribution in [2.45, 2.75) is 38.6 Å². The fourth-order valence-corrected chi connectivity index (χ4v) is 2.52. The van der Waals surface area contributed by atoms with Crippen LogP contribution < -0.4 is 10.1 Å². The third-order valence-electron chi connectivity index (χ3n) is 3.62. The molecule has 2 rings (SSSR count). The first-order valence-corrected chi connectivity index (χ1v) is 6.80. The molecule has 0 saturated heterocycles. The highest BCUT2D eigenvalue weighted by atomic mass is 19.1. The Morgan fingerprint density at radius 2 is 2.22 bits per heavy atom. The SMILES string of the molecule is CCNC(CCc1cc(F)ccc1OC)C1CC1. The van der Waals surface area contributed by atoms with Gasteiger partial charge >= 0.3 is 0 Å². The Balaban J connectivity index is 1.97. The number of ether oxygens (including phenoxy) is 1. The second kappa shape index (κ2) is 6.19. The number of hydrogen-bond acceptors (Lipinski definition) is 2. The third-order valence-corrected chi connectivity index (χ3v) is 3.62. The largest absolute Gasteiger partial charge is 0.496 e. The van der Waals surface area contributed by atoms with Gasteiger partial charge in [0.1, 0.15) is 11.6 Å². The Labute approximate surface area is 109 Å². The van der Waals surface area contributed by atoms with Crippen LogP contribution in [0, 0.1) is 11.7 Å². The van der Waals surface area contributed by atoms with Gasteiger partial charge in [-0.1, -0.05) is 6.92 Å². The summed E-state index contributed by atoms with van der Waals surface area (Å²) < 4.78 is 18.5. The summed E-state index contributed by atoms with van der Waals surface area (Å²) in [5, 5.41) is 3.53. The maximum atomic E-state index is 13.3. The monoisotopic (exact) mass is 251 g/mol. The van der Waals surface area contributed by atoms with Crippen molar-refractivity contribution in [2.75, 3.05) is 13.7 Å². The van der Waals surface area contributed by atoms with Gasteiger partial charge in [-0.15, -0.1) is 0 Å². The average molecular weight is 251 g/mol. The van der Waals surface area contributed by atoms with Gasteiger partial charge in [0.15, 0.2) is 0 Å². The summed E-state index contributed by atoms with van der Waals surface area (Å²) in [4.78, 5) is 0. The van der Waals surface area contributed by atoms with Crippen LogP contribution in [0.1, 0.15) is 31.7 Å². The number of nitrogens with one attached hydrogen (secondary N) is 1. The van der Waals surface area contributed by atoms with Crippen LogP contribution in [0.15, 0.2) is 18.2 Å². The Bertz CT molecular complexity index is 390. The van der Waals surface area contributed by atoms with E-state index in [4.69, 9.17) is 4.74 Å². The first-order valence-electron chi connectivity index (χ1n) is 6.80. The predicted molar refractivity (Wildman–Crippen MR) is 71.5 cm³/mol. The van der Waals surface area contributed by atoms with E-state index in [-0.39, 0.29) is 5.82 Å². The second-order valence-electron chi connectivity index (χ2n) is 5.00. The minimum absolute atomic E-state index is 0.183. The summed E-state index contributed by atoms with van der Waals surface area (Å²) >= 11 is 0. The van der Waals surface area contributed by atoms with Crippen LogP contribution >= 0.6 is 0 Å². The molecule has 100 valence electrons. The molecule has 0 amide bonds. The summed E-state index contributed by atoms with van der Waals surface area (Å²) in [6.07, 6.45) is 4.59. The predicted octanol–water partition coefficient (Wildman–Crippen LogP) is 3.16. The van der Waals surface area contributed by atoms with Crippen molar-refractivity contribution in [3.63, 3.8) is 0 Å². The molecule has 1 aromatic carbocycles. The van der Waals surface area contributed by atoms with Gasteiger partial charge in [0, 0.05) is 6.04 Å². The summed E-state index contributed by atoms with van der Waals surface area (Å²) in [6, 6.07) is 5.33. The molecule has 1 unspecified atom stereocenters.